The molecule has 0 aliphatic carbocycles. The first-order valence-corrected chi connectivity index (χ1v) is 10.3. The van der Waals surface area contributed by atoms with Crippen LogP contribution >= 0.6 is 0 Å². The van der Waals surface area contributed by atoms with Gasteiger partial charge in [-0.3, -0.25) is 4.79 Å². The molecule has 29 heavy (non-hydrogen) atoms. The highest BCUT2D eigenvalue weighted by Gasteiger charge is 2.20. The van der Waals surface area contributed by atoms with Crippen LogP contribution in [-0.2, 0) is 16.0 Å². The maximum atomic E-state index is 12.6. The van der Waals surface area contributed by atoms with Gasteiger partial charge in [0, 0.05) is 31.6 Å². The van der Waals surface area contributed by atoms with E-state index in [4.69, 9.17) is 14.2 Å². The van der Waals surface area contributed by atoms with Crippen LogP contribution in [0.4, 0.5) is 11.4 Å². The van der Waals surface area contributed by atoms with E-state index in [9.17, 15) is 4.79 Å². The third-order valence-electron chi connectivity index (χ3n) is 4.77. The van der Waals surface area contributed by atoms with Gasteiger partial charge in [0.05, 0.1) is 37.8 Å². The molecule has 0 atom stereocenters. The van der Waals surface area contributed by atoms with Crippen LogP contribution in [0.1, 0.15) is 25.8 Å². The van der Waals surface area contributed by atoms with Crippen molar-refractivity contribution >= 4 is 17.3 Å². The number of aryl methyl sites for hydroxylation is 1. The van der Waals surface area contributed by atoms with Gasteiger partial charge in [-0.05, 0) is 25.8 Å². The first-order valence-electron chi connectivity index (χ1n) is 10.3. The molecule has 2 aromatic rings. The minimum atomic E-state index is -0.0450. The quantitative estimate of drug-likeness (QED) is 0.694. The maximum absolute atomic E-state index is 12.6. The highest BCUT2D eigenvalue weighted by molar-refractivity contribution is 5.93. The summed E-state index contributed by atoms with van der Waals surface area (Å²) in [5.74, 6) is 1.36. The van der Waals surface area contributed by atoms with E-state index in [1.807, 2.05) is 56.3 Å². The van der Waals surface area contributed by atoms with Gasteiger partial charge < -0.3 is 24.4 Å². The van der Waals surface area contributed by atoms with Crippen molar-refractivity contribution in [3.05, 3.63) is 48.0 Å². The summed E-state index contributed by atoms with van der Waals surface area (Å²) in [6, 6.07) is 13.8. The molecule has 0 bridgehead atoms. The second kappa shape index (κ2) is 10.7. The SMILES string of the molecule is CCOc1cc(N2CCOCC2)c(OCC)cc1NC(=O)CCc1ccccc1. The minimum Gasteiger partial charge on any atom is -0.492 e. The molecule has 6 nitrogen and oxygen atoms in total. The molecule has 0 radical (unpaired) electrons. The van der Waals surface area contributed by atoms with Gasteiger partial charge in [0.1, 0.15) is 11.5 Å². The number of ether oxygens (including phenoxy) is 3. The Morgan fingerprint density at radius 3 is 2.41 bits per heavy atom. The van der Waals surface area contributed by atoms with E-state index in [0.29, 0.717) is 50.7 Å². The number of carbonyl (C=O) groups is 1. The summed E-state index contributed by atoms with van der Waals surface area (Å²) in [5.41, 5.74) is 2.76. The molecule has 1 aliphatic heterocycles. The summed E-state index contributed by atoms with van der Waals surface area (Å²) in [7, 11) is 0. The van der Waals surface area contributed by atoms with Crippen LogP contribution in [0.2, 0.25) is 0 Å². The Kier molecular flexibility index (Phi) is 7.76. The molecule has 1 N–H and O–H groups in total. The van der Waals surface area contributed by atoms with Crippen LogP contribution in [0.3, 0.4) is 0 Å². The van der Waals surface area contributed by atoms with E-state index in [-0.39, 0.29) is 5.91 Å². The molecule has 3 rings (SSSR count). The van der Waals surface area contributed by atoms with E-state index >= 15 is 0 Å². The number of hydrogen-bond acceptors (Lipinski definition) is 5. The number of benzene rings is 2. The second-order valence-electron chi connectivity index (χ2n) is 6.82. The van der Waals surface area contributed by atoms with E-state index < -0.39 is 0 Å². The summed E-state index contributed by atoms with van der Waals surface area (Å²) in [5, 5.41) is 3.01. The smallest absolute Gasteiger partial charge is 0.224 e. The van der Waals surface area contributed by atoms with Crippen LogP contribution < -0.4 is 19.7 Å². The van der Waals surface area contributed by atoms with Gasteiger partial charge in [-0.1, -0.05) is 30.3 Å². The highest BCUT2D eigenvalue weighted by atomic mass is 16.5. The molecular formula is C23H30N2O4. The first kappa shape index (κ1) is 21.0. The summed E-state index contributed by atoms with van der Waals surface area (Å²) in [6.45, 7) is 7.93. The largest absolute Gasteiger partial charge is 0.492 e. The third kappa shape index (κ3) is 5.87. The Balaban J connectivity index is 1.78. The normalized spacial score (nSPS) is 13.8. The Labute approximate surface area is 172 Å². The van der Waals surface area contributed by atoms with E-state index in [1.54, 1.807) is 0 Å². The highest BCUT2D eigenvalue weighted by Crippen LogP contribution is 2.39. The zero-order valence-corrected chi connectivity index (χ0v) is 17.3. The van der Waals surface area contributed by atoms with E-state index in [1.165, 1.54) is 0 Å². The van der Waals surface area contributed by atoms with Crippen molar-refractivity contribution in [1.29, 1.82) is 0 Å². The maximum Gasteiger partial charge on any atom is 0.224 e. The van der Waals surface area contributed by atoms with Gasteiger partial charge in [0.15, 0.2) is 0 Å². The van der Waals surface area contributed by atoms with Crippen molar-refractivity contribution < 1.29 is 19.0 Å². The molecule has 1 heterocycles. The Bertz CT molecular complexity index is 789. The number of morpholine rings is 1. The van der Waals surface area contributed by atoms with E-state index in [2.05, 4.69) is 10.2 Å². The lowest BCUT2D eigenvalue weighted by atomic mass is 10.1. The van der Waals surface area contributed by atoms with Crippen molar-refractivity contribution in [1.82, 2.24) is 0 Å². The zero-order valence-electron chi connectivity index (χ0n) is 17.3. The number of nitrogens with zero attached hydrogens (tertiary/aromatic N) is 1. The number of rotatable bonds is 9. The molecule has 0 unspecified atom stereocenters. The molecule has 156 valence electrons. The number of amides is 1. The molecule has 0 saturated carbocycles. The van der Waals surface area contributed by atoms with Gasteiger partial charge in [0.25, 0.3) is 0 Å². The van der Waals surface area contributed by atoms with Gasteiger partial charge >= 0.3 is 0 Å². The standard InChI is InChI=1S/C23H30N2O4/c1-3-28-21-17-20(25-12-14-27-15-13-25)22(29-4-2)16-19(21)24-23(26)11-10-18-8-6-5-7-9-18/h5-9,16-17H,3-4,10-15H2,1-2H3,(H,24,26). The van der Waals surface area contributed by atoms with Crippen molar-refractivity contribution in [2.75, 3.05) is 49.7 Å². The second-order valence-corrected chi connectivity index (χ2v) is 6.82. The topological polar surface area (TPSA) is 60.0 Å². The van der Waals surface area contributed by atoms with Crippen molar-refractivity contribution in [3.63, 3.8) is 0 Å². The van der Waals surface area contributed by atoms with Crippen LogP contribution in [0, 0.1) is 0 Å². The molecule has 1 saturated heterocycles. The summed E-state index contributed by atoms with van der Waals surface area (Å²) in [4.78, 5) is 14.8. The van der Waals surface area contributed by atoms with Gasteiger partial charge in [-0.15, -0.1) is 0 Å². The number of hydrogen-bond donors (Lipinski definition) is 1. The number of carbonyl (C=O) groups excluding carboxylic acids is 1. The monoisotopic (exact) mass is 398 g/mol. The average molecular weight is 399 g/mol. The van der Waals surface area contributed by atoms with Crippen LogP contribution in [0.15, 0.2) is 42.5 Å². The van der Waals surface area contributed by atoms with Crippen LogP contribution in [0.5, 0.6) is 11.5 Å². The minimum absolute atomic E-state index is 0.0450. The molecule has 1 amide bonds. The summed E-state index contributed by atoms with van der Waals surface area (Å²) < 4.78 is 17.2. The molecule has 2 aromatic carbocycles. The fourth-order valence-electron chi connectivity index (χ4n) is 3.36. The molecule has 6 heteroatoms. The fraction of sp³-hybridized carbons (Fsp3) is 0.435. The van der Waals surface area contributed by atoms with Gasteiger partial charge in [-0.2, -0.15) is 0 Å². The average Bonchev–Trinajstić information content (AvgIpc) is 2.75. The van der Waals surface area contributed by atoms with Gasteiger partial charge in [0.2, 0.25) is 5.91 Å². The molecule has 0 aromatic heterocycles. The number of nitrogens with one attached hydrogen (secondary N) is 1. The summed E-state index contributed by atoms with van der Waals surface area (Å²) in [6.07, 6.45) is 1.10. The van der Waals surface area contributed by atoms with E-state index in [0.717, 1.165) is 30.1 Å². The zero-order chi connectivity index (χ0) is 20.5. The Morgan fingerprint density at radius 2 is 1.72 bits per heavy atom. The fourth-order valence-corrected chi connectivity index (χ4v) is 3.36. The molecular weight excluding hydrogens is 368 g/mol. The summed E-state index contributed by atoms with van der Waals surface area (Å²) >= 11 is 0. The van der Waals surface area contributed by atoms with Crippen LogP contribution in [0.25, 0.3) is 0 Å². The molecule has 1 aliphatic rings. The van der Waals surface area contributed by atoms with Crippen molar-refractivity contribution in [2.45, 2.75) is 26.7 Å². The van der Waals surface area contributed by atoms with Crippen molar-refractivity contribution in [3.8, 4) is 11.5 Å². The Morgan fingerprint density at radius 1 is 1.03 bits per heavy atom. The van der Waals surface area contributed by atoms with Crippen molar-refractivity contribution in [2.24, 2.45) is 0 Å². The lowest BCUT2D eigenvalue weighted by Crippen LogP contribution is -2.36. The number of anilines is 2. The Hall–Kier alpha value is -2.73. The third-order valence-corrected chi connectivity index (χ3v) is 4.77. The van der Waals surface area contributed by atoms with Crippen LogP contribution in [-0.4, -0.2) is 45.4 Å². The lowest BCUT2D eigenvalue weighted by molar-refractivity contribution is -0.116. The predicted molar refractivity (Wildman–Crippen MR) is 115 cm³/mol. The molecule has 1 fully saturated rings. The van der Waals surface area contributed by atoms with Gasteiger partial charge in [-0.25, -0.2) is 0 Å². The first-order chi connectivity index (χ1) is 14.2. The molecule has 0 spiro atoms. The predicted octanol–water partition coefficient (Wildman–Crippen LogP) is 3.89. The lowest BCUT2D eigenvalue weighted by Gasteiger charge is -2.31.